The predicted octanol–water partition coefficient (Wildman–Crippen LogP) is 4.10. The lowest BCUT2D eigenvalue weighted by Crippen LogP contribution is -2.52. The molecule has 1 atom stereocenters. The Bertz CT molecular complexity index is 1820. The van der Waals surface area contributed by atoms with Gasteiger partial charge in [0, 0.05) is 74.7 Å². The summed E-state index contributed by atoms with van der Waals surface area (Å²) in [6, 6.07) is 13.2. The van der Waals surface area contributed by atoms with Crippen LogP contribution < -0.4 is 15.4 Å². The lowest BCUT2D eigenvalue weighted by atomic mass is 9.99. The van der Waals surface area contributed by atoms with E-state index in [1.807, 2.05) is 32.6 Å². The number of hydrogen-bond donors (Lipinski definition) is 4. The molecule has 1 amide bonds. The molecule has 0 aliphatic carbocycles. The van der Waals surface area contributed by atoms with E-state index < -0.39 is 0 Å². The van der Waals surface area contributed by atoms with E-state index in [9.17, 15) is 9.90 Å². The number of fused-ring (bicyclic) bond motifs is 1. The van der Waals surface area contributed by atoms with Crippen LogP contribution in [0.25, 0.3) is 22.2 Å². The third-order valence-electron chi connectivity index (χ3n) is 8.71. The van der Waals surface area contributed by atoms with Gasteiger partial charge in [-0.25, -0.2) is 9.97 Å². The van der Waals surface area contributed by atoms with Gasteiger partial charge in [0.25, 0.3) is 11.8 Å². The van der Waals surface area contributed by atoms with Gasteiger partial charge in [0.1, 0.15) is 11.4 Å². The molecule has 0 spiro atoms. The molecule has 0 unspecified atom stereocenters. The Morgan fingerprint density at radius 1 is 1.11 bits per heavy atom. The number of phenolic OH excluding ortho intramolecular Hbond substituents is 1. The van der Waals surface area contributed by atoms with Crippen molar-refractivity contribution in [2.24, 2.45) is 7.05 Å². The molecule has 12 heteroatoms. The number of aryl methyl sites for hydroxylation is 3. The number of aromatic nitrogens is 5. The van der Waals surface area contributed by atoms with Crippen molar-refractivity contribution in [1.82, 2.24) is 39.8 Å². The van der Waals surface area contributed by atoms with Crippen LogP contribution in [0.5, 0.6) is 11.6 Å². The number of carbonyl (C=O) groups excluding carboxylic acids is 1. The number of phenols is 1. The Morgan fingerprint density at radius 2 is 1.91 bits per heavy atom. The molecule has 1 fully saturated rings. The Kier molecular flexibility index (Phi) is 9.18. The summed E-state index contributed by atoms with van der Waals surface area (Å²) in [5, 5.41) is 21.9. The number of anilines is 2. The van der Waals surface area contributed by atoms with E-state index in [-0.39, 0.29) is 17.7 Å². The molecule has 6 rings (SSSR count). The van der Waals surface area contributed by atoms with Crippen molar-refractivity contribution in [1.29, 1.82) is 0 Å². The highest BCUT2D eigenvalue weighted by Crippen LogP contribution is 2.33. The number of rotatable bonds is 11. The molecule has 240 valence electrons. The molecule has 3 aromatic heterocycles. The van der Waals surface area contributed by atoms with E-state index in [1.165, 1.54) is 11.6 Å². The monoisotopic (exact) mass is 623 g/mol. The zero-order chi connectivity index (χ0) is 32.2. The van der Waals surface area contributed by atoms with Crippen LogP contribution in [0.15, 0.2) is 61.1 Å². The molecule has 5 aromatic rings. The lowest BCUT2D eigenvalue weighted by Gasteiger charge is -2.38. The van der Waals surface area contributed by atoms with Crippen molar-refractivity contribution in [3.05, 3.63) is 77.7 Å². The van der Waals surface area contributed by atoms with Gasteiger partial charge < -0.3 is 30.4 Å². The maximum atomic E-state index is 13.0. The van der Waals surface area contributed by atoms with Gasteiger partial charge >= 0.3 is 0 Å². The van der Waals surface area contributed by atoms with Crippen molar-refractivity contribution in [2.75, 3.05) is 52.2 Å². The number of H-pyrrole nitrogens is 1. The number of aromatic amines is 1. The van der Waals surface area contributed by atoms with Crippen LogP contribution in [0.2, 0.25) is 0 Å². The maximum absolute atomic E-state index is 13.0. The first-order chi connectivity index (χ1) is 22.3. The quantitative estimate of drug-likeness (QED) is 0.171. The second-order valence-corrected chi connectivity index (χ2v) is 11.9. The normalized spacial score (nSPS) is 14.8. The van der Waals surface area contributed by atoms with Gasteiger partial charge in [-0.05, 0) is 50.1 Å². The van der Waals surface area contributed by atoms with E-state index in [4.69, 9.17) is 9.72 Å². The molecule has 1 aliphatic heterocycles. The van der Waals surface area contributed by atoms with Crippen LogP contribution in [0, 0.1) is 6.92 Å². The Labute approximate surface area is 268 Å². The van der Waals surface area contributed by atoms with Crippen molar-refractivity contribution in [3.63, 3.8) is 0 Å². The van der Waals surface area contributed by atoms with Crippen LogP contribution in [0.1, 0.15) is 27.9 Å². The molecule has 1 saturated heterocycles. The molecule has 4 N–H and O–H groups in total. The van der Waals surface area contributed by atoms with Crippen molar-refractivity contribution in [3.8, 4) is 22.9 Å². The zero-order valence-corrected chi connectivity index (χ0v) is 26.7. The van der Waals surface area contributed by atoms with E-state index in [0.717, 1.165) is 66.7 Å². The highest BCUT2D eigenvalue weighted by Gasteiger charge is 2.24. The van der Waals surface area contributed by atoms with Gasteiger partial charge in [0.05, 0.1) is 24.6 Å². The summed E-state index contributed by atoms with van der Waals surface area (Å²) >= 11 is 0. The van der Waals surface area contributed by atoms with Crippen LogP contribution in [0.4, 0.5) is 11.6 Å². The lowest BCUT2D eigenvalue weighted by molar-refractivity contribution is 0.0872. The number of para-hydroxylation sites is 2. The summed E-state index contributed by atoms with van der Waals surface area (Å²) in [6.45, 7) is 6.37. The Balaban J connectivity index is 1.21. The van der Waals surface area contributed by atoms with E-state index in [0.29, 0.717) is 29.6 Å². The SMILES string of the molecule is COc1nn(C)cc1Nc1ncc(C)c(-c2c[nH]c3c(CC[C@H](CNC(=O)c4ccccc4O)N4CCN(C)CC4)cccc23)n1. The fourth-order valence-corrected chi connectivity index (χ4v) is 6.12. The standard InChI is InChI=1S/C34H41N9O3/c1-22-18-37-34(38-28-21-42(3)40-33(28)46-4)39-30(22)27-20-35-31-23(8-7-10-25(27)31)12-13-24(43-16-14-41(2)15-17-43)19-36-32(45)26-9-5-6-11-29(26)44/h5-11,18,20-21,24,35,44H,12-17,19H2,1-4H3,(H,36,45)(H,37,38,39)/t24-/m1/s1. The number of likely N-dealkylation sites (N-methyl/N-ethyl adjacent to an activating group) is 1. The molecule has 2 aromatic carbocycles. The Morgan fingerprint density at radius 3 is 2.70 bits per heavy atom. The van der Waals surface area contributed by atoms with Gasteiger partial charge in [-0.2, -0.15) is 0 Å². The van der Waals surface area contributed by atoms with E-state index in [1.54, 1.807) is 30.0 Å². The number of ether oxygens (including phenoxy) is 1. The molecule has 0 bridgehead atoms. The molecule has 46 heavy (non-hydrogen) atoms. The average molecular weight is 624 g/mol. The average Bonchev–Trinajstić information content (AvgIpc) is 3.65. The van der Waals surface area contributed by atoms with Crippen molar-refractivity contribution in [2.45, 2.75) is 25.8 Å². The second kappa shape index (κ2) is 13.6. The van der Waals surface area contributed by atoms with Gasteiger partial charge in [-0.15, -0.1) is 5.10 Å². The fraction of sp³-hybridized carbons (Fsp3) is 0.353. The third-order valence-corrected chi connectivity index (χ3v) is 8.71. The van der Waals surface area contributed by atoms with Gasteiger partial charge in [0.2, 0.25) is 5.95 Å². The number of carbonyl (C=O) groups is 1. The van der Waals surface area contributed by atoms with Crippen LogP contribution >= 0.6 is 0 Å². The minimum absolute atomic E-state index is 0.0102. The number of nitrogens with one attached hydrogen (secondary N) is 3. The van der Waals surface area contributed by atoms with Gasteiger partial charge in [-0.1, -0.05) is 30.3 Å². The second-order valence-electron chi connectivity index (χ2n) is 11.9. The van der Waals surface area contributed by atoms with Gasteiger partial charge in [0.15, 0.2) is 0 Å². The third kappa shape index (κ3) is 6.68. The smallest absolute Gasteiger partial charge is 0.256 e. The minimum Gasteiger partial charge on any atom is -0.507 e. The summed E-state index contributed by atoms with van der Waals surface area (Å²) in [7, 11) is 5.56. The maximum Gasteiger partial charge on any atom is 0.256 e. The zero-order valence-electron chi connectivity index (χ0n) is 26.7. The number of methoxy groups -OCH3 is 1. The molecule has 0 saturated carbocycles. The van der Waals surface area contributed by atoms with Crippen LogP contribution in [-0.2, 0) is 13.5 Å². The fourth-order valence-electron chi connectivity index (χ4n) is 6.12. The molecule has 4 heterocycles. The van der Waals surface area contributed by atoms with Crippen LogP contribution in [0.3, 0.4) is 0 Å². The molecule has 1 aliphatic rings. The summed E-state index contributed by atoms with van der Waals surface area (Å²) in [4.78, 5) is 30.7. The number of benzene rings is 2. The molecular weight excluding hydrogens is 582 g/mol. The predicted molar refractivity (Wildman–Crippen MR) is 179 cm³/mol. The summed E-state index contributed by atoms with van der Waals surface area (Å²) in [5.41, 5.74) is 6.07. The number of piperazine rings is 1. The van der Waals surface area contributed by atoms with E-state index in [2.05, 4.69) is 60.7 Å². The molecule has 12 nitrogen and oxygen atoms in total. The first-order valence-corrected chi connectivity index (χ1v) is 15.6. The molecular formula is C34H41N9O3. The number of aromatic hydroxyl groups is 1. The minimum atomic E-state index is -0.260. The number of hydrogen-bond acceptors (Lipinski definition) is 9. The van der Waals surface area contributed by atoms with Crippen molar-refractivity contribution < 1.29 is 14.6 Å². The Hall–Kier alpha value is -4.94. The van der Waals surface area contributed by atoms with E-state index >= 15 is 0 Å². The van der Waals surface area contributed by atoms with Crippen LogP contribution in [-0.4, -0.2) is 98.5 Å². The van der Waals surface area contributed by atoms with Gasteiger partial charge in [-0.3, -0.25) is 14.4 Å². The van der Waals surface area contributed by atoms with Crippen molar-refractivity contribution >= 4 is 28.4 Å². The highest BCUT2D eigenvalue weighted by atomic mass is 16.5. The summed E-state index contributed by atoms with van der Waals surface area (Å²) < 4.78 is 7.05. The highest BCUT2D eigenvalue weighted by molar-refractivity contribution is 5.97. The first kappa shape index (κ1) is 31.1. The summed E-state index contributed by atoms with van der Waals surface area (Å²) in [5.74, 6) is 0.657. The number of amides is 1. The number of nitrogens with zero attached hydrogens (tertiary/aromatic N) is 6. The topological polar surface area (TPSA) is 136 Å². The molecule has 0 radical (unpaired) electrons. The largest absolute Gasteiger partial charge is 0.507 e. The summed E-state index contributed by atoms with van der Waals surface area (Å²) in [6.07, 6.45) is 7.36. The first-order valence-electron chi connectivity index (χ1n) is 15.6.